The molecule has 1 aromatic heterocycles. The van der Waals surface area contributed by atoms with Gasteiger partial charge in [0.25, 0.3) is 0 Å². The topological polar surface area (TPSA) is 40.7 Å². The summed E-state index contributed by atoms with van der Waals surface area (Å²) in [5, 5.41) is 10.5. The quantitative estimate of drug-likeness (QED) is 0.798. The van der Waals surface area contributed by atoms with Crippen molar-refractivity contribution in [3.8, 4) is 11.3 Å². The average molecular weight is 201 g/mol. The van der Waals surface area contributed by atoms with E-state index < -0.39 is 0 Å². The van der Waals surface area contributed by atoms with E-state index in [1.165, 1.54) is 5.56 Å². The summed E-state index contributed by atoms with van der Waals surface area (Å²) in [6.45, 7) is 2.92. The van der Waals surface area contributed by atoms with Gasteiger partial charge in [-0.3, -0.25) is 5.10 Å². The van der Waals surface area contributed by atoms with Crippen molar-refractivity contribution < 1.29 is 0 Å². The van der Waals surface area contributed by atoms with Gasteiger partial charge in [0.05, 0.1) is 11.4 Å². The maximum atomic E-state index is 4.34. The molecule has 0 saturated carbocycles. The lowest BCUT2D eigenvalue weighted by Gasteiger charge is -1.99. The Morgan fingerprint density at radius 1 is 1.27 bits per heavy atom. The molecule has 0 radical (unpaired) electrons. The number of H-pyrrole nitrogens is 1. The normalized spacial score (nSPS) is 10.5. The minimum atomic E-state index is 0.825. The molecular formula is C12H15N3. The van der Waals surface area contributed by atoms with Crippen molar-refractivity contribution in [3.63, 3.8) is 0 Å². The maximum Gasteiger partial charge on any atom is 0.0953 e. The van der Waals surface area contributed by atoms with Crippen LogP contribution < -0.4 is 5.32 Å². The third-order valence-electron chi connectivity index (χ3n) is 2.51. The lowest BCUT2D eigenvalue weighted by atomic mass is 10.1. The number of hydrogen-bond acceptors (Lipinski definition) is 2. The summed E-state index contributed by atoms with van der Waals surface area (Å²) >= 11 is 0. The standard InChI is InChI=1S/C12H15N3/c1-9-11(8-13-2)14-15-12(9)10-6-4-3-5-7-10/h3-7,13H,8H2,1-2H3,(H,14,15). The first-order valence-electron chi connectivity index (χ1n) is 5.07. The number of aromatic amines is 1. The molecule has 0 aliphatic carbocycles. The summed E-state index contributed by atoms with van der Waals surface area (Å²) in [7, 11) is 1.93. The van der Waals surface area contributed by atoms with Crippen LogP contribution in [0.25, 0.3) is 11.3 Å². The van der Waals surface area contributed by atoms with E-state index in [-0.39, 0.29) is 0 Å². The highest BCUT2D eigenvalue weighted by Gasteiger charge is 2.09. The van der Waals surface area contributed by atoms with Crippen LogP contribution in [-0.4, -0.2) is 17.2 Å². The Bertz CT molecular complexity index is 431. The van der Waals surface area contributed by atoms with Crippen molar-refractivity contribution in [3.05, 3.63) is 41.6 Å². The largest absolute Gasteiger partial charge is 0.314 e. The van der Waals surface area contributed by atoms with Gasteiger partial charge in [0.15, 0.2) is 0 Å². The fourth-order valence-corrected chi connectivity index (χ4v) is 1.66. The highest BCUT2D eigenvalue weighted by molar-refractivity contribution is 5.63. The van der Waals surface area contributed by atoms with Crippen LogP contribution in [0.4, 0.5) is 0 Å². The summed E-state index contributed by atoms with van der Waals surface area (Å²) < 4.78 is 0. The number of nitrogens with zero attached hydrogens (tertiary/aromatic N) is 1. The number of nitrogens with one attached hydrogen (secondary N) is 2. The molecule has 0 saturated heterocycles. The Labute approximate surface area is 89.5 Å². The van der Waals surface area contributed by atoms with Crippen molar-refractivity contribution in [2.24, 2.45) is 0 Å². The lowest BCUT2D eigenvalue weighted by molar-refractivity contribution is 0.779. The van der Waals surface area contributed by atoms with Gasteiger partial charge in [0, 0.05) is 12.1 Å². The van der Waals surface area contributed by atoms with Crippen LogP contribution in [0.5, 0.6) is 0 Å². The zero-order valence-electron chi connectivity index (χ0n) is 9.04. The highest BCUT2D eigenvalue weighted by Crippen LogP contribution is 2.22. The van der Waals surface area contributed by atoms with Crippen LogP contribution in [0.1, 0.15) is 11.3 Å². The predicted molar refractivity (Wildman–Crippen MR) is 61.5 cm³/mol. The highest BCUT2D eigenvalue weighted by atomic mass is 15.1. The van der Waals surface area contributed by atoms with Crippen LogP contribution in [0.2, 0.25) is 0 Å². The van der Waals surface area contributed by atoms with Gasteiger partial charge in [0.1, 0.15) is 0 Å². The molecule has 3 heteroatoms. The zero-order valence-corrected chi connectivity index (χ0v) is 9.04. The monoisotopic (exact) mass is 201 g/mol. The molecule has 15 heavy (non-hydrogen) atoms. The smallest absolute Gasteiger partial charge is 0.0953 e. The van der Waals surface area contributed by atoms with Crippen molar-refractivity contribution >= 4 is 0 Å². The van der Waals surface area contributed by atoms with Crippen LogP contribution >= 0.6 is 0 Å². The molecule has 0 fully saturated rings. The number of hydrogen-bond donors (Lipinski definition) is 2. The van der Waals surface area contributed by atoms with Crippen molar-refractivity contribution in [2.45, 2.75) is 13.5 Å². The molecule has 1 heterocycles. The Morgan fingerprint density at radius 2 is 2.00 bits per heavy atom. The number of benzene rings is 1. The van der Waals surface area contributed by atoms with E-state index in [1.54, 1.807) is 0 Å². The molecule has 0 spiro atoms. The summed E-state index contributed by atoms with van der Waals surface area (Å²) in [4.78, 5) is 0. The molecule has 0 amide bonds. The molecule has 2 N–H and O–H groups in total. The van der Waals surface area contributed by atoms with E-state index in [0.29, 0.717) is 0 Å². The summed E-state index contributed by atoms with van der Waals surface area (Å²) in [5.74, 6) is 0. The van der Waals surface area contributed by atoms with Crippen molar-refractivity contribution in [2.75, 3.05) is 7.05 Å². The van der Waals surface area contributed by atoms with E-state index in [4.69, 9.17) is 0 Å². The van der Waals surface area contributed by atoms with E-state index in [0.717, 1.165) is 23.5 Å². The van der Waals surface area contributed by atoms with Gasteiger partial charge in [-0.2, -0.15) is 5.10 Å². The second-order valence-corrected chi connectivity index (χ2v) is 3.57. The molecule has 78 valence electrons. The van der Waals surface area contributed by atoms with Gasteiger partial charge in [-0.1, -0.05) is 30.3 Å². The number of aromatic nitrogens is 2. The van der Waals surface area contributed by atoms with Gasteiger partial charge in [0.2, 0.25) is 0 Å². The predicted octanol–water partition coefficient (Wildman–Crippen LogP) is 2.10. The molecule has 0 atom stereocenters. The second kappa shape index (κ2) is 4.28. The fourth-order valence-electron chi connectivity index (χ4n) is 1.66. The minimum absolute atomic E-state index is 0.825. The van der Waals surface area contributed by atoms with Crippen LogP contribution in [0, 0.1) is 6.92 Å². The van der Waals surface area contributed by atoms with Crippen molar-refractivity contribution in [1.29, 1.82) is 0 Å². The first-order chi connectivity index (χ1) is 7.33. The fraction of sp³-hybridized carbons (Fsp3) is 0.250. The van der Waals surface area contributed by atoms with E-state index >= 15 is 0 Å². The third-order valence-corrected chi connectivity index (χ3v) is 2.51. The SMILES string of the molecule is CNCc1[nH]nc(-c2ccccc2)c1C. The van der Waals surface area contributed by atoms with Gasteiger partial charge in [-0.05, 0) is 19.5 Å². The molecule has 2 aromatic rings. The van der Waals surface area contributed by atoms with Crippen LogP contribution in [0.15, 0.2) is 30.3 Å². The summed E-state index contributed by atoms with van der Waals surface area (Å²) in [6, 6.07) is 10.2. The molecule has 0 unspecified atom stereocenters. The molecule has 0 aliphatic rings. The molecule has 3 nitrogen and oxygen atoms in total. The maximum absolute atomic E-state index is 4.34. The first kappa shape index (κ1) is 9.93. The minimum Gasteiger partial charge on any atom is -0.314 e. The molecule has 2 rings (SSSR count). The van der Waals surface area contributed by atoms with Crippen LogP contribution in [-0.2, 0) is 6.54 Å². The number of rotatable bonds is 3. The first-order valence-corrected chi connectivity index (χ1v) is 5.07. The van der Waals surface area contributed by atoms with Gasteiger partial charge < -0.3 is 5.32 Å². The zero-order chi connectivity index (χ0) is 10.7. The van der Waals surface area contributed by atoms with E-state index in [2.05, 4.69) is 34.6 Å². The molecular weight excluding hydrogens is 186 g/mol. The summed E-state index contributed by atoms with van der Waals surface area (Å²) in [6.07, 6.45) is 0. The Morgan fingerprint density at radius 3 is 2.67 bits per heavy atom. The van der Waals surface area contributed by atoms with E-state index in [1.807, 2.05) is 25.2 Å². The average Bonchev–Trinajstić information content (AvgIpc) is 2.63. The third kappa shape index (κ3) is 1.92. The van der Waals surface area contributed by atoms with Crippen molar-refractivity contribution in [1.82, 2.24) is 15.5 Å². The van der Waals surface area contributed by atoms with E-state index in [9.17, 15) is 0 Å². The molecule has 0 bridgehead atoms. The Balaban J connectivity index is 2.38. The second-order valence-electron chi connectivity index (χ2n) is 3.57. The summed E-state index contributed by atoms with van der Waals surface area (Å²) in [5.41, 5.74) is 4.57. The Hall–Kier alpha value is -1.61. The Kier molecular flexibility index (Phi) is 2.83. The van der Waals surface area contributed by atoms with Crippen LogP contribution in [0.3, 0.4) is 0 Å². The molecule has 0 aliphatic heterocycles. The van der Waals surface area contributed by atoms with Gasteiger partial charge in [-0.15, -0.1) is 0 Å². The lowest BCUT2D eigenvalue weighted by Crippen LogP contribution is -2.06. The van der Waals surface area contributed by atoms with Gasteiger partial charge >= 0.3 is 0 Å². The van der Waals surface area contributed by atoms with Gasteiger partial charge in [-0.25, -0.2) is 0 Å². The molecule has 1 aromatic carbocycles.